The maximum absolute atomic E-state index is 14.0. The van der Waals surface area contributed by atoms with E-state index >= 15 is 0 Å². The van der Waals surface area contributed by atoms with Gasteiger partial charge >= 0.3 is 6.09 Å². The first kappa shape index (κ1) is 31.0. The summed E-state index contributed by atoms with van der Waals surface area (Å²) in [5.74, 6) is 0.0886. The van der Waals surface area contributed by atoms with Crippen LogP contribution in [0.25, 0.3) is 0 Å². The lowest BCUT2D eigenvalue weighted by atomic mass is 9.66. The minimum absolute atomic E-state index is 0.000269. The number of nitrogens with zero attached hydrogens (tertiary/aromatic N) is 4. The number of nitrogens with one attached hydrogen (secondary N) is 3. The van der Waals surface area contributed by atoms with E-state index in [0.29, 0.717) is 41.9 Å². The van der Waals surface area contributed by atoms with Gasteiger partial charge in [0.2, 0.25) is 11.8 Å². The molecule has 4 aliphatic rings. The molecular formula is C33H45N7O5. The first-order valence-electron chi connectivity index (χ1n) is 16.2. The van der Waals surface area contributed by atoms with E-state index in [4.69, 9.17) is 4.74 Å². The topological polar surface area (TPSA) is 148 Å². The fourth-order valence-electron chi connectivity index (χ4n) is 7.34. The molecule has 1 aliphatic heterocycles. The molecule has 0 aromatic carbocycles. The van der Waals surface area contributed by atoms with Gasteiger partial charge in [-0.1, -0.05) is 26.2 Å². The number of hydrogen-bond donors (Lipinski definition) is 3. The first-order valence-corrected chi connectivity index (χ1v) is 16.2. The summed E-state index contributed by atoms with van der Waals surface area (Å²) in [6.45, 7) is 4.77. The lowest BCUT2D eigenvalue weighted by molar-refractivity contribution is -0.127. The molecule has 1 saturated heterocycles. The second kappa shape index (κ2) is 12.1. The molecule has 3 heterocycles. The van der Waals surface area contributed by atoms with E-state index in [2.05, 4.69) is 33.0 Å². The summed E-state index contributed by atoms with van der Waals surface area (Å²) in [6.07, 6.45) is 10.5. The number of rotatable bonds is 11. The number of aryl methyl sites for hydroxylation is 1. The first-order chi connectivity index (χ1) is 21.5. The van der Waals surface area contributed by atoms with E-state index < -0.39 is 17.6 Å². The summed E-state index contributed by atoms with van der Waals surface area (Å²) < 4.78 is 6.45. The highest BCUT2D eigenvalue weighted by Gasteiger charge is 2.54. The lowest BCUT2D eigenvalue weighted by Crippen LogP contribution is -2.54. The van der Waals surface area contributed by atoms with Gasteiger partial charge < -0.3 is 25.6 Å². The van der Waals surface area contributed by atoms with E-state index in [-0.39, 0.29) is 41.6 Å². The molecule has 45 heavy (non-hydrogen) atoms. The van der Waals surface area contributed by atoms with Gasteiger partial charge in [-0.05, 0) is 80.4 Å². The second-order valence-electron chi connectivity index (χ2n) is 13.9. The van der Waals surface area contributed by atoms with Crippen LogP contribution in [0.2, 0.25) is 0 Å². The predicted molar refractivity (Wildman–Crippen MR) is 166 cm³/mol. The zero-order valence-corrected chi connectivity index (χ0v) is 26.7. The van der Waals surface area contributed by atoms with Crippen LogP contribution in [0.5, 0.6) is 0 Å². The van der Waals surface area contributed by atoms with Crippen molar-refractivity contribution in [2.45, 2.75) is 82.7 Å². The molecule has 2 aromatic heterocycles. The molecule has 2 aromatic rings. The Bertz CT molecular complexity index is 1450. The van der Waals surface area contributed by atoms with E-state index in [1.54, 1.807) is 37.6 Å². The summed E-state index contributed by atoms with van der Waals surface area (Å²) in [6, 6.07) is 4.46. The average molecular weight is 620 g/mol. The largest absolute Gasteiger partial charge is 0.453 e. The Hall–Kier alpha value is -3.96. The van der Waals surface area contributed by atoms with Crippen molar-refractivity contribution < 1.29 is 23.9 Å². The van der Waals surface area contributed by atoms with Crippen molar-refractivity contribution in [1.29, 1.82) is 0 Å². The highest BCUT2D eigenvalue weighted by Crippen LogP contribution is 2.58. The molecule has 6 rings (SSSR count). The van der Waals surface area contributed by atoms with Gasteiger partial charge in [0.15, 0.2) is 0 Å². The van der Waals surface area contributed by atoms with Crippen LogP contribution in [0.1, 0.15) is 81.4 Å². The standard InChI is InChI=1S/C33H45N7O5/c1-20(21-8-9-21)36-30(43)33(15-17-40(19-33)31(44)45-4)25-11-10-23(18-34-25)37-29(42)27(38-28(41)24-12-16-35-39(24)3)26(22-6-5-7-22)32(2)13-14-32/h10-12,16,18,20-22,26-27H,5-9,13-15,17,19H2,1-4H3,(H,36,43)(H,37,42)(H,38,41)/t20?,26?,27-,33?/m0/s1. The monoisotopic (exact) mass is 619 g/mol. The third kappa shape index (κ3) is 6.15. The number of ether oxygens (including phenoxy) is 1. The average Bonchev–Trinajstić information content (AvgIpc) is 3.90. The quantitative estimate of drug-likeness (QED) is 0.349. The third-order valence-electron chi connectivity index (χ3n) is 10.8. The number of hydrogen-bond acceptors (Lipinski definition) is 7. The van der Waals surface area contributed by atoms with Crippen LogP contribution in [-0.2, 0) is 26.8 Å². The fraction of sp³-hybridized carbons (Fsp3) is 0.636. The number of pyridine rings is 1. The number of aromatic nitrogens is 3. The number of anilines is 1. The van der Waals surface area contributed by atoms with E-state index in [0.717, 1.165) is 44.9 Å². The molecule has 4 amide bonds. The van der Waals surface area contributed by atoms with E-state index in [9.17, 15) is 19.2 Å². The van der Waals surface area contributed by atoms with Crippen LogP contribution < -0.4 is 16.0 Å². The summed E-state index contributed by atoms with van der Waals surface area (Å²) >= 11 is 0. The van der Waals surface area contributed by atoms with Gasteiger partial charge in [0.05, 0.1) is 24.7 Å². The van der Waals surface area contributed by atoms with Gasteiger partial charge in [-0.2, -0.15) is 5.10 Å². The van der Waals surface area contributed by atoms with Crippen molar-refractivity contribution in [3.63, 3.8) is 0 Å². The van der Waals surface area contributed by atoms with Crippen molar-refractivity contribution in [2.75, 3.05) is 25.5 Å². The Morgan fingerprint density at radius 1 is 1.02 bits per heavy atom. The van der Waals surface area contributed by atoms with Crippen molar-refractivity contribution in [3.05, 3.63) is 42.0 Å². The van der Waals surface area contributed by atoms with Crippen molar-refractivity contribution >= 4 is 29.5 Å². The highest BCUT2D eigenvalue weighted by atomic mass is 16.5. The van der Waals surface area contributed by atoms with Gasteiger partial charge in [-0.3, -0.25) is 24.0 Å². The maximum Gasteiger partial charge on any atom is 0.409 e. The molecular weight excluding hydrogens is 574 g/mol. The van der Waals surface area contributed by atoms with Gasteiger partial charge in [0.25, 0.3) is 5.91 Å². The van der Waals surface area contributed by atoms with Crippen molar-refractivity contribution in [3.8, 4) is 0 Å². The number of carbonyl (C=O) groups is 4. The number of likely N-dealkylation sites (tertiary alicyclic amines) is 1. The smallest absolute Gasteiger partial charge is 0.409 e. The van der Waals surface area contributed by atoms with Crippen molar-refractivity contribution in [1.82, 2.24) is 30.3 Å². The SMILES string of the molecule is COC(=O)N1CCC(C(=O)NC(C)C2CC2)(c2ccc(NC(=O)[C@@H](NC(=O)c3ccnn3C)C(C3CCC3)C3(C)CC3)cn2)C1. The molecule has 12 nitrogen and oxygen atoms in total. The minimum Gasteiger partial charge on any atom is -0.453 e. The van der Waals surface area contributed by atoms with Crippen LogP contribution in [0, 0.1) is 23.2 Å². The predicted octanol–water partition coefficient (Wildman–Crippen LogP) is 3.39. The van der Waals surface area contributed by atoms with Crippen molar-refractivity contribution in [2.24, 2.45) is 30.2 Å². The lowest BCUT2D eigenvalue weighted by Gasteiger charge is -2.42. The van der Waals surface area contributed by atoms with Gasteiger partial charge in [0.1, 0.15) is 17.2 Å². The zero-order chi connectivity index (χ0) is 31.9. The molecule has 3 unspecified atom stereocenters. The Labute approximate surface area is 264 Å². The van der Waals surface area contributed by atoms with Crippen LogP contribution in [0.3, 0.4) is 0 Å². The van der Waals surface area contributed by atoms with E-state index in [1.807, 2.05) is 6.92 Å². The molecule has 3 saturated carbocycles. The highest BCUT2D eigenvalue weighted by molar-refractivity contribution is 6.01. The van der Waals surface area contributed by atoms with Crippen LogP contribution >= 0.6 is 0 Å². The molecule has 0 spiro atoms. The normalized spacial score (nSPS) is 24.1. The van der Waals surface area contributed by atoms with Gasteiger partial charge in [0, 0.05) is 32.4 Å². The summed E-state index contributed by atoms with van der Waals surface area (Å²) in [5, 5.41) is 13.4. The van der Waals surface area contributed by atoms with Crippen LogP contribution in [-0.4, -0.2) is 75.8 Å². The van der Waals surface area contributed by atoms with Gasteiger partial charge in [-0.25, -0.2) is 4.79 Å². The molecule has 4 atom stereocenters. The number of amides is 4. The molecule has 242 valence electrons. The Morgan fingerprint density at radius 2 is 1.78 bits per heavy atom. The maximum atomic E-state index is 14.0. The van der Waals surface area contributed by atoms with Gasteiger partial charge in [-0.15, -0.1) is 0 Å². The van der Waals surface area contributed by atoms with Crippen LogP contribution in [0.4, 0.5) is 10.5 Å². The second-order valence-corrected chi connectivity index (χ2v) is 13.9. The molecule has 0 radical (unpaired) electrons. The molecule has 3 aliphatic carbocycles. The van der Waals surface area contributed by atoms with Crippen LogP contribution in [0.15, 0.2) is 30.6 Å². The Kier molecular flexibility index (Phi) is 8.34. The zero-order valence-electron chi connectivity index (χ0n) is 26.7. The Morgan fingerprint density at radius 3 is 2.33 bits per heavy atom. The molecule has 3 N–H and O–H groups in total. The number of methoxy groups -OCH3 is 1. The molecule has 12 heteroatoms. The number of carbonyl (C=O) groups excluding carboxylic acids is 4. The summed E-state index contributed by atoms with van der Waals surface area (Å²) in [7, 11) is 3.04. The third-order valence-corrected chi connectivity index (χ3v) is 10.8. The molecule has 0 bridgehead atoms. The summed E-state index contributed by atoms with van der Waals surface area (Å²) in [5.41, 5.74) is 0.368. The van der Waals surface area contributed by atoms with E-state index in [1.165, 1.54) is 16.7 Å². The fourth-order valence-corrected chi connectivity index (χ4v) is 7.34. The molecule has 4 fully saturated rings. The minimum atomic E-state index is -1.03. The Balaban J connectivity index is 1.23. The summed E-state index contributed by atoms with van der Waals surface area (Å²) in [4.78, 5) is 59.7.